The van der Waals surface area contributed by atoms with Crippen LogP contribution in [0.1, 0.15) is 5.56 Å². The van der Waals surface area contributed by atoms with Crippen molar-refractivity contribution < 1.29 is 0 Å². The molecule has 0 atom stereocenters. The van der Waals surface area contributed by atoms with Gasteiger partial charge in [-0.05, 0) is 18.1 Å². The molecule has 3 aromatic rings. The molecular weight excluding hydrogens is 262 g/mol. The van der Waals surface area contributed by atoms with Gasteiger partial charge < -0.3 is 5.32 Å². The SMILES string of the molecule is Cn1nc(NCCc2ccccc2)c2ccccc2c1=O. The van der Waals surface area contributed by atoms with Gasteiger partial charge in [0.05, 0.1) is 5.39 Å². The summed E-state index contributed by atoms with van der Waals surface area (Å²) >= 11 is 0. The van der Waals surface area contributed by atoms with Gasteiger partial charge in [0.2, 0.25) is 0 Å². The van der Waals surface area contributed by atoms with E-state index in [1.54, 1.807) is 7.05 Å². The van der Waals surface area contributed by atoms with Gasteiger partial charge in [-0.3, -0.25) is 4.79 Å². The van der Waals surface area contributed by atoms with Gasteiger partial charge >= 0.3 is 0 Å². The highest BCUT2D eigenvalue weighted by atomic mass is 16.1. The highest BCUT2D eigenvalue weighted by Gasteiger charge is 2.07. The number of nitrogens with one attached hydrogen (secondary N) is 1. The Morgan fingerprint density at radius 3 is 2.43 bits per heavy atom. The first-order valence-electron chi connectivity index (χ1n) is 6.99. The minimum Gasteiger partial charge on any atom is -0.368 e. The summed E-state index contributed by atoms with van der Waals surface area (Å²) in [4.78, 5) is 12.0. The lowest BCUT2D eigenvalue weighted by atomic mass is 10.1. The van der Waals surface area contributed by atoms with Gasteiger partial charge in [-0.2, -0.15) is 5.10 Å². The van der Waals surface area contributed by atoms with Crippen molar-refractivity contribution in [2.24, 2.45) is 7.05 Å². The Morgan fingerprint density at radius 2 is 1.67 bits per heavy atom. The Bertz CT molecular complexity index is 809. The smallest absolute Gasteiger partial charge is 0.274 e. The van der Waals surface area contributed by atoms with Crippen molar-refractivity contribution in [3.05, 3.63) is 70.5 Å². The first-order valence-corrected chi connectivity index (χ1v) is 6.99. The molecule has 21 heavy (non-hydrogen) atoms. The quantitative estimate of drug-likeness (QED) is 0.798. The lowest BCUT2D eigenvalue weighted by molar-refractivity contribution is 0.719. The summed E-state index contributed by atoms with van der Waals surface area (Å²) in [7, 11) is 1.68. The normalized spacial score (nSPS) is 10.7. The first-order chi connectivity index (χ1) is 10.3. The van der Waals surface area contributed by atoms with Gasteiger partial charge in [0, 0.05) is 19.0 Å². The molecule has 0 aliphatic carbocycles. The lowest BCUT2D eigenvalue weighted by Gasteiger charge is -2.10. The number of aryl methyl sites for hydroxylation is 1. The van der Waals surface area contributed by atoms with Crippen LogP contribution in [0.4, 0.5) is 5.82 Å². The molecule has 0 spiro atoms. The number of hydrogen-bond donors (Lipinski definition) is 1. The molecule has 0 aliphatic rings. The fourth-order valence-electron chi connectivity index (χ4n) is 2.40. The minimum atomic E-state index is -0.0702. The molecular formula is C17H17N3O. The number of rotatable bonds is 4. The monoisotopic (exact) mass is 279 g/mol. The van der Waals surface area contributed by atoms with E-state index in [2.05, 4.69) is 22.5 Å². The molecule has 106 valence electrons. The number of nitrogens with zero attached hydrogens (tertiary/aromatic N) is 2. The van der Waals surface area contributed by atoms with Crippen molar-refractivity contribution in [1.29, 1.82) is 0 Å². The van der Waals surface area contributed by atoms with Crippen LogP contribution in [-0.2, 0) is 13.5 Å². The maximum absolute atomic E-state index is 12.0. The summed E-state index contributed by atoms with van der Waals surface area (Å²) in [6.07, 6.45) is 0.916. The maximum atomic E-state index is 12.0. The molecule has 0 saturated carbocycles. The molecule has 4 heteroatoms. The van der Waals surface area contributed by atoms with Crippen LogP contribution in [0.5, 0.6) is 0 Å². The van der Waals surface area contributed by atoms with Crippen LogP contribution in [0, 0.1) is 0 Å². The average Bonchev–Trinajstić information content (AvgIpc) is 2.53. The standard InChI is InChI=1S/C17H17N3O/c1-20-17(21)15-10-6-5-9-14(15)16(19-20)18-12-11-13-7-3-2-4-8-13/h2-10H,11-12H2,1H3,(H,18,19). The summed E-state index contributed by atoms with van der Waals surface area (Å²) in [6.45, 7) is 0.777. The van der Waals surface area contributed by atoms with Crippen LogP contribution in [0.3, 0.4) is 0 Å². The number of hydrogen-bond acceptors (Lipinski definition) is 3. The fourth-order valence-corrected chi connectivity index (χ4v) is 2.40. The molecule has 3 rings (SSSR count). The van der Waals surface area contributed by atoms with Gasteiger partial charge in [0.15, 0.2) is 5.82 Å². The zero-order valence-corrected chi connectivity index (χ0v) is 11.9. The van der Waals surface area contributed by atoms with Crippen molar-refractivity contribution in [3.63, 3.8) is 0 Å². The van der Waals surface area contributed by atoms with E-state index in [0.717, 1.165) is 24.2 Å². The molecule has 0 amide bonds. The van der Waals surface area contributed by atoms with Gasteiger partial charge in [0.25, 0.3) is 5.56 Å². The molecule has 1 aromatic heterocycles. The van der Waals surface area contributed by atoms with Crippen LogP contribution in [0.25, 0.3) is 10.8 Å². The molecule has 1 heterocycles. The van der Waals surface area contributed by atoms with Crippen LogP contribution >= 0.6 is 0 Å². The molecule has 0 radical (unpaired) electrons. The highest BCUT2D eigenvalue weighted by molar-refractivity contribution is 5.90. The van der Waals surface area contributed by atoms with Gasteiger partial charge in [0.1, 0.15) is 0 Å². The lowest BCUT2D eigenvalue weighted by Crippen LogP contribution is -2.22. The van der Waals surface area contributed by atoms with Crippen LogP contribution < -0.4 is 10.9 Å². The van der Waals surface area contributed by atoms with Crippen molar-refractivity contribution in [1.82, 2.24) is 9.78 Å². The molecule has 0 unspecified atom stereocenters. The van der Waals surface area contributed by atoms with Crippen LogP contribution in [-0.4, -0.2) is 16.3 Å². The zero-order valence-electron chi connectivity index (χ0n) is 11.9. The molecule has 0 fully saturated rings. The van der Waals surface area contributed by atoms with E-state index < -0.39 is 0 Å². The van der Waals surface area contributed by atoms with Crippen molar-refractivity contribution >= 4 is 16.6 Å². The van der Waals surface area contributed by atoms with E-state index in [1.165, 1.54) is 10.2 Å². The largest absolute Gasteiger partial charge is 0.368 e. The van der Waals surface area contributed by atoms with E-state index in [4.69, 9.17) is 0 Å². The number of aromatic nitrogens is 2. The van der Waals surface area contributed by atoms with Gasteiger partial charge in [-0.1, -0.05) is 48.5 Å². The maximum Gasteiger partial charge on any atom is 0.274 e. The summed E-state index contributed by atoms with van der Waals surface area (Å²) < 4.78 is 1.38. The average molecular weight is 279 g/mol. The third-order valence-electron chi connectivity index (χ3n) is 3.51. The van der Waals surface area contributed by atoms with Crippen LogP contribution in [0.15, 0.2) is 59.4 Å². The molecule has 0 bridgehead atoms. The second-order valence-corrected chi connectivity index (χ2v) is 4.99. The second kappa shape index (κ2) is 5.79. The number of anilines is 1. The van der Waals surface area contributed by atoms with E-state index in [1.807, 2.05) is 42.5 Å². The summed E-state index contributed by atoms with van der Waals surface area (Å²) in [5, 5.41) is 9.22. The van der Waals surface area contributed by atoms with E-state index in [-0.39, 0.29) is 5.56 Å². The number of fused-ring (bicyclic) bond motifs is 1. The summed E-state index contributed by atoms with van der Waals surface area (Å²) in [5.41, 5.74) is 1.21. The predicted octanol–water partition coefficient (Wildman–Crippen LogP) is 2.59. The predicted molar refractivity (Wildman–Crippen MR) is 85.6 cm³/mol. The molecule has 4 nitrogen and oxygen atoms in total. The Kier molecular flexibility index (Phi) is 3.69. The van der Waals surface area contributed by atoms with Crippen molar-refractivity contribution in [3.8, 4) is 0 Å². The topological polar surface area (TPSA) is 46.9 Å². The van der Waals surface area contributed by atoms with E-state index in [9.17, 15) is 4.79 Å². The second-order valence-electron chi connectivity index (χ2n) is 4.99. The van der Waals surface area contributed by atoms with Gasteiger partial charge in [-0.25, -0.2) is 4.68 Å². The van der Waals surface area contributed by atoms with Crippen LogP contribution in [0.2, 0.25) is 0 Å². The number of benzene rings is 2. The third-order valence-corrected chi connectivity index (χ3v) is 3.51. The first kappa shape index (κ1) is 13.4. The third kappa shape index (κ3) is 2.79. The Balaban J connectivity index is 1.84. The van der Waals surface area contributed by atoms with Crippen molar-refractivity contribution in [2.45, 2.75) is 6.42 Å². The highest BCUT2D eigenvalue weighted by Crippen LogP contribution is 2.17. The summed E-state index contributed by atoms with van der Waals surface area (Å²) in [5.74, 6) is 0.753. The fraction of sp³-hybridized carbons (Fsp3) is 0.176. The van der Waals surface area contributed by atoms with E-state index in [0.29, 0.717) is 5.39 Å². The Morgan fingerprint density at radius 1 is 1.00 bits per heavy atom. The minimum absolute atomic E-state index is 0.0702. The van der Waals surface area contributed by atoms with Gasteiger partial charge in [-0.15, -0.1) is 0 Å². The molecule has 2 aromatic carbocycles. The Hall–Kier alpha value is -2.62. The molecule has 0 saturated heterocycles. The summed E-state index contributed by atoms with van der Waals surface area (Å²) in [6, 6.07) is 17.9. The van der Waals surface area contributed by atoms with Crippen molar-refractivity contribution in [2.75, 3.05) is 11.9 Å². The Labute approximate surface area is 123 Å². The molecule has 0 aliphatic heterocycles. The van der Waals surface area contributed by atoms with E-state index >= 15 is 0 Å². The molecule has 1 N–H and O–H groups in total. The zero-order chi connectivity index (χ0) is 14.7.